The first-order chi connectivity index (χ1) is 12.8. The van der Waals surface area contributed by atoms with E-state index >= 15 is 0 Å². The topological polar surface area (TPSA) is 103 Å². The standard InChI is InChI=1S/C18H21NO7S/c1-23-12-5-6-16(20)15(9-12)19-27(21,22)8-7-14-17(25-3)10-13(24-2)11-18(14)26-4/h5-11,19-20H,1-4H3/b8-7+. The first-order valence-corrected chi connectivity index (χ1v) is 9.26. The van der Waals surface area contributed by atoms with Crippen LogP contribution >= 0.6 is 0 Å². The third-order valence-electron chi connectivity index (χ3n) is 3.62. The van der Waals surface area contributed by atoms with E-state index in [4.69, 9.17) is 18.9 Å². The van der Waals surface area contributed by atoms with Crippen LogP contribution in [0.3, 0.4) is 0 Å². The van der Waals surface area contributed by atoms with E-state index in [-0.39, 0.29) is 11.4 Å². The summed E-state index contributed by atoms with van der Waals surface area (Å²) in [7, 11) is 1.90. The van der Waals surface area contributed by atoms with Crippen molar-refractivity contribution in [1.29, 1.82) is 0 Å². The second-order valence-corrected chi connectivity index (χ2v) is 6.84. The van der Waals surface area contributed by atoms with Gasteiger partial charge in [0.2, 0.25) is 0 Å². The molecule has 2 rings (SSSR count). The van der Waals surface area contributed by atoms with Crippen molar-refractivity contribution < 1.29 is 32.5 Å². The van der Waals surface area contributed by atoms with E-state index in [1.54, 1.807) is 12.1 Å². The van der Waals surface area contributed by atoms with Crippen LogP contribution in [-0.4, -0.2) is 42.0 Å². The molecular weight excluding hydrogens is 374 g/mol. The Balaban J connectivity index is 2.36. The van der Waals surface area contributed by atoms with Gasteiger partial charge in [-0.15, -0.1) is 0 Å². The quantitative estimate of drug-likeness (QED) is 0.663. The molecule has 0 fully saturated rings. The van der Waals surface area contributed by atoms with Crippen LogP contribution in [0.5, 0.6) is 28.7 Å². The predicted molar refractivity (Wildman–Crippen MR) is 102 cm³/mol. The molecule has 0 aliphatic rings. The molecule has 146 valence electrons. The van der Waals surface area contributed by atoms with Crippen LogP contribution < -0.4 is 23.7 Å². The Morgan fingerprint density at radius 2 is 1.48 bits per heavy atom. The minimum Gasteiger partial charge on any atom is -0.506 e. The summed E-state index contributed by atoms with van der Waals surface area (Å²) in [6, 6.07) is 7.42. The lowest BCUT2D eigenvalue weighted by molar-refractivity contribution is 0.374. The second kappa shape index (κ2) is 8.54. The fourth-order valence-electron chi connectivity index (χ4n) is 2.27. The van der Waals surface area contributed by atoms with Gasteiger partial charge in [-0.2, -0.15) is 0 Å². The van der Waals surface area contributed by atoms with E-state index in [0.29, 0.717) is 28.6 Å². The minimum atomic E-state index is -3.93. The number of hydrogen-bond acceptors (Lipinski definition) is 7. The Morgan fingerprint density at radius 1 is 0.889 bits per heavy atom. The van der Waals surface area contributed by atoms with Gasteiger partial charge >= 0.3 is 0 Å². The van der Waals surface area contributed by atoms with Gasteiger partial charge in [-0.25, -0.2) is 8.42 Å². The van der Waals surface area contributed by atoms with Gasteiger partial charge in [-0.1, -0.05) is 0 Å². The van der Waals surface area contributed by atoms with Crippen LogP contribution in [0.15, 0.2) is 35.7 Å². The van der Waals surface area contributed by atoms with E-state index < -0.39 is 10.0 Å². The summed E-state index contributed by atoms with van der Waals surface area (Å²) in [5.74, 6) is 1.42. The zero-order valence-corrected chi connectivity index (χ0v) is 16.2. The van der Waals surface area contributed by atoms with E-state index in [1.165, 1.54) is 52.7 Å². The maximum absolute atomic E-state index is 12.4. The molecule has 0 aromatic heterocycles. The molecule has 9 heteroatoms. The number of ether oxygens (including phenoxy) is 4. The zero-order chi connectivity index (χ0) is 20.0. The van der Waals surface area contributed by atoms with Gasteiger partial charge in [0.15, 0.2) is 0 Å². The van der Waals surface area contributed by atoms with Crippen LogP contribution in [0.2, 0.25) is 0 Å². The number of rotatable bonds is 8. The number of hydrogen-bond donors (Lipinski definition) is 2. The van der Waals surface area contributed by atoms with Gasteiger partial charge in [0, 0.05) is 18.2 Å². The zero-order valence-electron chi connectivity index (χ0n) is 15.3. The summed E-state index contributed by atoms with van der Waals surface area (Å²) in [5.41, 5.74) is 0.411. The first-order valence-electron chi connectivity index (χ1n) is 7.71. The maximum Gasteiger partial charge on any atom is 0.255 e. The largest absolute Gasteiger partial charge is 0.506 e. The summed E-state index contributed by atoms with van der Waals surface area (Å²) >= 11 is 0. The average Bonchev–Trinajstić information content (AvgIpc) is 2.67. The minimum absolute atomic E-state index is 0.00680. The molecule has 0 radical (unpaired) electrons. The molecule has 2 N–H and O–H groups in total. The molecule has 27 heavy (non-hydrogen) atoms. The molecule has 0 amide bonds. The third kappa shape index (κ3) is 4.98. The van der Waals surface area contributed by atoms with E-state index in [2.05, 4.69) is 4.72 Å². The van der Waals surface area contributed by atoms with E-state index in [1.807, 2.05) is 0 Å². The molecule has 0 atom stereocenters. The number of nitrogens with one attached hydrogen (secondary N) is 1. The SMILES string of the molecule is COc1ccc(O)c(NS(=O)(=O)/C=C/c2c(OC)cc(OC)cc2OC)c1. The molecule has 0 bridgehead atoms. The van der Waals surface area contributed by atoms with Crippen molar-refractivity contribution in [3.05, 3.63) is 41.3 Å². The molecule has 2 aromatic rings. The van der Waals surface area contributed by atoms with Gasteiger partial charge < -0.3 is 24.1 Å². The highest BCUT2D eigenvalue weighted by molar-refractivity contribution is 7.95. The van der Waals surface area contributed by atoms with Crippen molar-refractivity contribution in [2.24, 2.45) is 0 Å². The molecule has 0 heterocycles. The van der Waals surface area contributed by atoms with Crippen LogP contribution in [0.25, 0.3) is 6.08 Å². The Morgan fingerprint density at radius 3 is 2.00 bits per heavy atom. The number of benzene rings is 2. The smallest absolute Gasteiger partial charge is 0.255 e. The lowest BCUT2D eigenvalue weighted by Crippen LogP contribution is -2.09. The second-order valence-electron chi connectivity index (χ2n) is 5.28. The molecular formula is C18H21NO7S. The van der Waals surface area contributed by atoms with Gasteiger partial charge in [0.1, 0.15) is 28.7 Å². The third-order valence-corrected chi connectivity index (χ3v) is 4.62. The molecule has 8 nitrogen and oxygen atoms in total. The summed E-state index contributed by atoms with van der Waals surface area (Å²) in [6.07, 6.45) is 1.33. The lowest BCUT2D eigenvalue weighted by Gasteiger charge is -2.13. The number of anilines is 1. The normalized spacial score (nSPS) is 11.3. The monoisotopic (exact) mass is 395 g/mol. The molecule has 0 saturated heterocycles. The average molecular weight is 395 g/mol. The summed E-state index contributed by atoms with van der Waals surface area (Å²) in [4.78, 5) is 0. The Kier molecular flexibility index (Phi) is 6.40. The Hall–Kier alpha value is -3.07. The molecule has 0 saturated carbocycles. The molecule has 0 aliphatic carbocycles. The number of sulfonamides is 1. The lowest BCUT2D eigenvalue weighted by atomic mass is 10.1. The molecule has 0 spiro atoms. The predicted octanol–water partition coefficient (Wildman–Crippen LogP) is 2.84. The van der Waals surface area contributed by atoms with E-state index in [9.17, 15) is 13.5 Å². The van der Waals surface area contributed by atoms with Crippen LogP contribution in [0.4, 0.5) is 5.69 Å². The van der Waals surface area contributed by atoms with Gasteiger partial charge in [0.05, 0.1) is 45.1 Å². The summed E-state index contributed by atoms with van der Waals surface area (Å²) < 4.78 is 47.8. The highest BCUT2D eigenvalue weighted by Gasteiger charge is 2.14. The number of phenols is 1. The van der Waals surface area contributed by atoms with Gasteiger partial charge in [-0.05, 0) is 18.2 Å². The molecule has 0 aliphatic heterocycles. The molecule has 2 aromatic carbocycles. The van der Waals surface area contributed by atoms with Crippen molar-refractivity contribution in [3.63, 3.8) is 0 Å². The summed E-state index contributed by atoms with van der Waals surface area (Å²) in [5, 5.41) is 10.8. The number of phenolic OH excluding ortho intramolecular Hbond substituents is 1. The fraction of sp³-hybridized carbons (Fsp3) is 0.222. The summed E-state index contributed by atoms with van der Waals surface area (Å²) in [6.45, 7) is 0. The Bertz CT molecular complexity index is 914. The highest BCUT2D eigenvalue weighted by atomic mass is 32.2. The van der Waals surface area contributed by atoms with Crippen LogP contribution in [-0.2, 0) is 10.0 Å². The Labute approximate surface area is 158 Å². The van der Waals surface area contributed by atoms with E-state index in [0.717, 1.165) is 5.41 Å². The first kappa shape index (κ1) is 20.2. The van der Waals surface area contributed by atoms with Crippen LogP contribution in [0, 0.1) is 0 Å². The maximum atomic E-state index is 12.4. The van der Waals surface area contributed by atoms with Gasteiger partial charge in [-0.3, -0.25) is 4.72 Å². The van der Waals surface area contributed by atoms with Gasteiger partial charge in [0.25, 0.3) is 10.0 Å². The van der Waals surface area contributed by atoms with Crippen molar-refractivity contribution in [2.75, 3.05) is 33.2 Å². The number of methoxy groups -OCH3 is 4. The van der Waals surface area contributed by atoms with Crippen LogP contribution in [0.1, 0.15) is 5.56 Å². The van der Waals surface area contributed by atoms with Crippen molar-refractivity contribution in [2.45, 2.75) is 0 Å². The van der Waals surface area contributed by atoms with Crippen molar-refractivity contribution >= 4 is 21.8 Å². The number of aromatic hydroxyl groups is 1. The van der Waals surface area contributed by atoms with Crippen molar-refractivity contribution in [3.8, 4) is 28.7 Å². The fourth-order valence-corrected chi connectivity index (χ4v) is 3.12. The molecule has 0 unspecified atom stereocenters. The van der Waals surface area contributed by atoms with Crippen molar-refractivity contribution in [1.82, 2.24) is 0 Å². The highest BCUT2D eigenvalue weighted by Crippen LogP contribution is 2.35.